The van der Waals surface area contributed by atoms with Crippen molar-refractivity contribution in [1.29, 1.82) is 5.26 Å². The van der Waals surface area contributed by atoms with E-state index in [0.29, 0.717) is 46.0 Å². The van der Waals surface area contributed by atoms with Gasteiger partial charge in [0, 0.05) is 45.5 Å². The van der Waals surface area contributed by atoms with Crippen molar-refractivity contribution >= 4 is 39.4 Å². The first-order valence-corrected chi connectivity index (χ1v) is 12.6. The van der Waals surface area contributed by atoms with Crippen molar-refractivity contribution in [2.24, 2.45) is 13.0 Å². The lowest BCUT2D eigenvalue weighted by Crippen LogP contribution is -2.29. The van der Waals surface area contributed by atoms with Gasteiger partial charge < -0.3 is 9.99 Å². The minimum atomic E-state index is -0.377. The molecule has 194 valence electrons. The molecule has 0 aliphatic rings. The molecule has 0 aliphatic carbocycles. The molecule has 0 spiro atoms. The first-order chi connectivity index (χ1) is 18.2. The highest BCUT2D eigenvalue weighted by Gasteiger charge is 2.25. The zero-order chi connectivity index (χ0) is 27.1. The number of anilines is 1. The third-order valence-corrected chi connectivity index (χ3v) is 6.56. The number of benzene rings is 1. The van der Waals surface area contributed by atoms with Gasteiger partial charge in [0.1, 0.15) is 6.07 Å². The number of nitrogens with zero attached hydrogens (tertiary/aromatic N) is 8. The van der Waals surface area contributed by atoms with Crippen molar-refractivity contribution in [3.63, 3.8) is 0 Å². The first-order valence-electron chi connectivity index (χ1n) is 12.2. The van der Waals surface area contributed by atoms with E-state index in [0.717, 1.165) is 22.3 Å². The molecule has 0 saturated heterocycles. The summed E-state index contributed by atoms with van der Waals surface area (Å²) in [5.41, 5.74) is 7.05. The molecule has 5 aromatic rings. The maximum Gasteiger partial charge on any atom is 0.351 e. The quantitative estimate of drug-likeness (QED) is 0.314. The Morgan fingerprint density at radius 3 is 2.71 bits per heavy atom. The molecule has 11 heteroatoms. The molecule has 0 fully saturated rings. The molecular formula is C27H28ClN9O. The maximum absolute atomic E-state index is 13.2. The van der Waals surface area contributed by atoms with Gasteiger partial charge in [0.25, 0.3) is 0 Å². The summed E-state index contributed by atoms with van der Waals surface area (Å²) in [5, 5.41) is 18.5. The number of hydrogen-bond donors (Lipinski definition) is 1. The second kappa shape index (κ2) is 9.93. The van der Waals surface area contributed by atoms with Gasteiger partial charge in [-0.15, -0.1) is 0 Å². The van der Waals surface area contributed by atoms with Gasteiger partial charge in [-0.3, -0.25) is 14.2 Å². The molecular weight excluding hydrogens is 502 g/mol. The summed E-state index contributed by atoms with van der Waals surface area (Å²) in [6, 6.07) is 11.7. The number of hydrogen-bond acceptors (Lipinski definition) is 7. The summed E-state index contributed by atoms with van der Waals surface area (Å²) < 4.78 is 5.39. The first kappa shape index (κ1) is 25.4. The average molecular weight is 530 g/mol. The lowest BCUT2D eigenvalue weighted by molar-refractivity contribution is 0.488. The molecule has 0 unspecified atom stereocenters. The lowest BCUT2D eigenvalue weighted by Gasteiger charge is -2.16. The molecule has 0 radical (unpaired) electrons. The van der Waals surface area contributed by atoms with Gasteiger partial charge >= 0.3 is 5.69 Å². The van der Waals surface area contributed by atoms with E-state index >= 15 is 0 Å². The predicted molar refractivity (Wildman–Crippen MR) is 149 cm³/mol. The van der Waals surface area contributed by atoms with Crippen LogP contribution >= 0.6 is 11.6 Å². The fourth-order valence-electron chi connectivity index (χ4n) is 4.71. The smallest absolute Gasteiger partial charge is 0.348 e. The van der Waals surface area contributed by atoms with Crippen LogP contribution in [0.2, 0.25) is 5.02 Å². The van der Waals surface area contributed by atoms with Crippen LogP contribution in [-0.2, 0) is 20.1 Å². The third-order valence-electron chi connectivity index (χ3n) is 6.25. The average Bonchev–Trinajstić information content (AvgIpc) is 3.41. The molecule has 1 aromatic carbocycles. The lowest BCUT2D eigenvalue weighted by atomic mass is 10.1. The molecule has 0 saturated carbocycles. The van der Waals surface area contributed by atoms with Crippen LogP contribution in [0, 0.1) is 17.2 Å². The van der Waals surface area contributed by atoms with Crippen molar-refractivity contribution in [2.45, 2.75) is 26.9 Å². The largest absolute Gasteiger partial charge is 0.351 e. The van der Waals surface area contributed by atoms with Gasteiger partial charge in [-0.05, 0) is 29.7 Å². The number of fused-ring (bicyclic) bond motifs is 2. The molecule has 0 amide bonds. The SMILES string of the molecule is CC(C)Cn1c(=O)nc(NN(C)C)c2c(-c3cc(C#N)cn3C)n(Cc3ccnc4c(Cl)cccc34)nc21. The van der Waals surface area contributed by atoms with E-state index in [4.69, 9.17) is 16.7 Å². The summed E-state index contributed by atoms with van der Waals surface area (Å²) in [6.07, 6.45) is 3.51. The van der Waals surface area contributed by atoms with Crippen LogP contribution < -0.4 is 11.1 Å². The van der Waals surface area contributed by atoms with Crippen LogP contribution in [0.5, 0.6) is 0 Å². The minimum Gasteiger partial charge on any atom is -0.348 e. The summed E-state index contributed by atoms with van der Waals surface area (Å²) in [5.74, 6) is 0.601. The fourth-order valence-corrected chi connectivity index (χ4v) is 4.94. The maximum atomic E-state index is 13.2. The predicted octanol–water partition coefficient (Wildman–Crippen LogP) is 4.26. The van der Waals surface area contributed by atoms with E-state index in [1.807, 2.05) is 74.6 Å². The summed E-state index contributed by atoms with van der Waals surface area (Å²) in [4.78, 5) is 22.1. The molecule has 0 aliphatic heterocycles. The molecule has 5 rings (SSSR count). The van der Waals surface area contributed by atoms with Gasteiger partial charge in [0.05, 0.1) is 39.4 Å². The number of aryl methyl sites for hydroxylation is 1. The Labute approximate surface area is 224 Å². The standard InChI is InChI=1S/C27H28ClN9O/c1-16(2)13-36-26-22(25(31-27(36)38)32-34(3)4)24(21-11-17(12-29)14-35(21)5)37(33-26)15-18-9-10-30-23-19(18)7-6-8-20(23)28/h6-11,14,16H,13,15H2,1-5H3,(H,31,32,38). The van der Waals surface area contributed by atoms with E-state index in [1.165, 1.54) is 0 Å². The summed E-state index contributed by atoms with van der Waals surface area (Å²) >= 11 is 6.44. The Morgan fingerprint density at radius 2 is 2.03 bits per heavy atom. The Balaban J connectivity index is 1.86. The normalized spacial score (nSPS) is 11.7. The van der Waals surface area contributed by atoms with Gasteiger partial charge in [-0.1, -0.05) is 37.6 Å². The van der Waals surface area contributed by atoms with Crippen molar-refractivity contribution in [3.8, 4) is 17.5 Å². The van der Waals surface area contributed by atoms with Crippen LogP contribution in [0.3, 0.4) is 0 Å². The molecule has 0 bridgehead atoms. The van der Waals surface area contributed by atoms with Gasteiger partial charge in [0.2, 0.25) is 0 Å². The highest BCUT2D eigenvalue weighted by Crippen LogP contribution is 2.35. The number of hydrazine groups is 1. The highest BCUT2D eigenvalue weighted by molar-refractivity contribution is 6.35. The number of halogens is 1. The zero-order valence-corrected chi connectivity index (χ0v) is 22.7. The van der Waals surface area contributed by atoms with Crippen molar-refractivity contribution in [3.05, 3.63) is 69.4 Å². The molecule has 10 nitrogen and oxygen atoms in total. The molecule has 0 atom stereocenters. The summed E-state index contributed by atoms with van der Waals surface area (Å²) in [7, 11) is 5.55. The van der Waals surface area contributed by atoms with Gasteiger partial charge in [-0.2, -0.15) is 15.3 Å². The van der Waals surface area contributed by atoms with Crippen molar-refractivity contribution in [1.82, 2.24) is 33.9 Å². The molecule has 1 N–H and O–H groups in total. The zero-order valence-electron chi connectivity index (χ0n) is 21.9. The van der Waals surface area contributed by atoms with Gasteiger partial charge in [0.15, 0.2) is 11.5 Å². The third kappa shape index (κ3) is 4.51. The Hall–Kier alpha value is -4.20. The number of nitriles is 1. The van der Waals surface area contributed by atoms with E-state index < -0.39 is 0 Å². The number of pyridine rings is 1. The number of nitrogens with one attached hydrogen (secondary N) is 1. The second-order valence-electron chi connectivity index (χ2n) is 9.90. The molecule has 38 heavy (non-hydrogen) atoms. The van der Waals surface area contributed by atoms with E-state index in [9.17, 15) is 10.1 Å². The second-order valence-corrected chi connectivity index (χ2v) is 10.3. The molecule has 4 aromatic heterocycles. The van der Waals surface area contributed by atoms with Crippen LogP contribution in [0.15, 0.2) is 47.5 Å². The van der Waals surface area contributed by atoms with Crippen LogP contribution in [0.1, 0.15) is 25.0 Å². The van der Waals surface area contributed by atoms with Crippen molar-refractivity contribution < 1.29 is 0 Å². The topological polar surface area (TPSA) is 110 Å². The number of rotatable bonds is 7. The van der Waals surface area contributed by atoms with Crippen LogP contribution in [-0.4, -0.2) is 48.0 Å². The fraction of sp³-hybridized carbons (Fsp3) is 0.296. The Kier molecular flexibility index (Phi) is 6.65. The Bertz CT molecular complexity index is 1770. The minimum absolute atomic E-state index is 0.200. The Morgan fingerprint density at radius 1 is 1.24 bits per heavy atom. The van der Waals surface area contributed by atoms with E-state index in [2.05, 4.69) is 21.5 Å². The number of para-hydroxylation sites is 1. The number of aromatic nitrogens is 6. The monoisotopic (exact) mass is 529 g/mol. The van der Waals surface area contributed by atoms with Crippen molar-refractivity contribution in [2.75, 3.05) is 19.5 Å². The molecule has 4 heterocycles. The van der Waals surface area contributed by atoms with E-state index in [1.54, 1.807) is 22.0 Å². The highest BCUT2D eigenvalue weighted by atomic mass is 35.5. The van der Waals surface area contributed by atoms with Crippen LogP contribution in [0.4, 0.5) is 5.82 Å². The van der Waals surface area contributed by atoms with E-state index in [-0.39, 0.29) is 11.6 Å². The van der Waals surface area contributed by atoms with Crippen LogP contribution in [0.25, 0.3) is 33.3 Å². The summed E-state index contributed by atoms with van der Waals surface area (Å²) in [6.45, 7) is 4.94. The van der Waals surface area contributed by atoms with Gasteiger partial charge in [-0.25, -0.2) is 9.80 Å².